The molecule has 0 atom stereocenters. The smallest absolute Gasteiger partial charge is 0.195 e. The predicted molar refractivity (Wildman–Crippen MR) is 73.5 cm³/mol. The number of rotatable bonds is 0. The van der Waals surface area contributed by atoms with Crippen LogP contribution < -0.4 is 14.9 Å². The number of hydrogen-bond acceptors (Lipinski definition) is 4. The summed E-state index contributed by atoms with van der Waals surface area (Å²) in [7, 11) is 0. The molecule has 2 aromatic rings. The molecule has 0 saturated heterocycles. The summed E-state index contributed by atoms with van der Waals surface area (Å²) in [5.41, 5.74) is 2.55. The molecule has 0 saturated carbocycles. The molecule has 0 aliphatic carbocycles. The van der Waals surface area contributed by atoms with E-state index in [1.807, 2.05) is 6.07 Å². The number of ether oxygens (including phenoxy) is 3. The van der Waals surface area contributed by atoms with Crippen LogP contribution in [-0.2, 0) is 17.8 Å². The Bertz CT molecular complexity index is 735. The lowest BCUT2D eigenvalue weighted by atomic mass is 10.0. The summed E-state index contributed by atoms with van der Waals surface area (Å²) < 4.78 is 16.7. The van der Waals surface area contributed by atoms with Gasteiger partial charge in [0, 0.05) is 35.6 Å². The van der Waals surface area contributed by atoms with E-state index in [4.69, 9.17) is 14.2 Å². The number of pyridine rings is 1. The molecule has 0 spiro atoms. The molecule has 1 aromatic carbocycles. The van der Waals surface area contributed by atoms with Crippen molar-refractivity contribution in [3.63, 3.8) is 0 Å². The van der Waals surface area contributed by atoms with Gasteiger partial charge in [0.15, 0.2) is 16.9 Å². The maximum atomic E-state index is 12.5. The fourth-order valence-corrected chi connectivity index (χ4v) is 2.75. The lowest BCUT2D eigenvalue weighted by Crippen LogP contribution is -2.21. The third kappa shape index (κ3) is 1.78. The maximum Gasteiger partial charge on any atom is 0.195 e. The number of hydrogen-bond donors (Lipinski definition) is 1. The van der Waals surface area contributed by atoms with Gasteiger partial charge in [-0.2, -0.15) is 0 Å². The summed E-state index contributed by atoms with van der Waals surface area (Å²) in [6, 6.07) is 3.65. The van der Waals surface area contributed by atoms with Crippen molar-refractivity contribution >= 4 is 10.9 Å². The molecule has 0 bridgehead atoms. The number of fused-ring (bicyclic) bond motifs is 3. The van der Waals surface area contributed by atoms with E-state index in [1.165, 1.54) is 0 Å². The largest absolute Gasteiger partial charge is 0.490 e. The summed E-state index contributed by atoms with van der Waals surface area (Å²) in [4.78, 5) is 15.9. The van der Waals surface area contributed by atoms with Crippen LogP contribution in [0.5, 0.6) is 11.5 Å². The lowest BCUT2D eigenvalue weighted by molar-refractivity contribution is 0.109. The van der Waals surface area contributed by atoms with Crippen molar-refractivity contribution in [1.82, 2.24) is 4.98 Å². The van der Waals surface area contributed by atoms with Crippen LogP contribution >= 0.6 is 0 Å². The summed E-state index contributed by atoms with van der Waals surface area (Å²) >= 11 is 0. The highest BCUT2D eigenvalue weighted by atomic mass is 16.5. The first-order valence-corrected chi connectivity index (χ1v) is 6.88. The Kier molecular flexibility index (Phi) is 2.67. The summed E-state index contributed by atoms with van der Waals surface area (Å²) in [5.74, 6) is 1.36. The highest BCUT2D eigenvalue weighted by molar-refractivity contribution is 5.83. The molecule has 104 valence electrons. The van der Waals surface area contributed by atoms with E-state index in [-0.39, 0.29) is 5.43 Å². The van der Waals surface area contributed by atoms with E-state index in [1.54, 1.807) is 6.07 Å². The fourth-order valence-electron chi connectivity index (χ4n) is 2.75. The molecule has 20 heavy (non-hydrogen) atoms. The number of aromatic nitrogens is 1. The minimum Gasteiger partial charge on any atom is -0.490 e. The minimum atomic E-state index is 0.0316. The van der Waals surface area contributed by atoms with E-state index >= 15 is 0 Å². The van der Waals surface area contributed by atoms with Gasteiger partial charge in [-0.3, -0.25) is 4.79 Å². The van der Waals surface area contributed by atoms with Crippen LogP contribution in [0.1, 0.15) is 17.7 Å². The van der Waals surface area contributed by atoms with E-state index in [0.717, 1.165) is 29.6 Å². The topological polar surface area (TPSA) is 60.6 Å². The summed E-state index contributed by atoms with van der Waals surface area (Å²) in [6.45, 7) is 2.29. The first-order valence-electron chi connectivity index (χ1n) is 6.88. The molecule has 0 radical (unpaired) electrons. The van der Waals surface area contributed by atoms with E-state index in [0.29, 0.717) is 43.3 Å². The molecular weight excluding hydrogens is 258 g/mol. The Labute approximate surface area is 115 Å². The van der Waals surface area contributed by atoms with Crippen molar-refractivity contribution in [3.05, 3.63) is 33.6 Å². The number of aromatic amines is 1. The van der Waals surface area contributed by atoms with Gasteiger partial charge in [-0.15, -0.1) is 0 Å². The molecule has 0 unspecified atom stereocenters. The first-order chi connectivity index (χ1) is 9.83. The van der Waals surface area contributed by atoms with Crippen LogP contribution in [0.15, 0.2) is 16.9 Å². The van der Waals surface area contributed by atoms with Gasteiger partial charge in [-0.1, -0.05) is 0 Å². The SMILES string of the molecule is O=c1c2c([nH]c3cc4c(cc13)OCCCO4)CCOC2. The summed E-state index contributed by atoms with van der Waals surface area (Å²) in [5, 5.41) is 0.638. The van der Waals surface area contributed by atoms with Gasteiger partial charge in [0.2, 0.25) is 0 Å². The van der Waals surface area contributed by atoms with Crippen LogP contribution in [0.3, 0.4) is 0 Å². The highest BCUT2D eigenvalue weighted by Crippen LogP contribution is 2.33. The van der Waals surface area contributed by atoms with Crippen molar-refractivity contribution < 1.29 is 14.2 Å². The molecule has 1 N–H and O–H groups in total. The van der Waals surface area contributed by atoms with Gasteiger partial charge in [-0.25, -0.2) is 0 Å². The van der Waals surface area contributed by atoms with Crippen molar-refractivity contribution in [2.45, 2.75) is 19.4 Å². The average molecular weight is 273 g/mol. The van der Waals surface area contributed by atoms with Crippen molar-refractivity contribution in [2.24, 2.45) is 0 Å². The Morgan fingerprint density at radius 2 is 1.85 bits per heavy atom. The zero-order valence-electron chi connectivity index (χ0n) is 11.0. The Balaban J connectivity index is 1.98. The Morgan fingerprint density at radius 3 is 2.70 bits per heavy atom. The Morgan fingerprint density at radius 1 is 1.05 bits per heavy atom. The van der Waals surface area contributed by atoms with Crippen LogP contribution in [-0.4, -0.2) is 24.8 Å². The standard InChI is InChI=1S/C15H15NO4/c17-15-9-6-13-14(20-4-1-3-19-13)7-12(9)16-11-2-5-18-8-10(11)15/h6-7H,1-5,8H2,(H,16,17). The minimum absolute atomic E-state index is 0.0316. The normalized spacial score (nSPS) is 17.6. The number of nitrogens with one attached hydrogen (secondary N) is 1. The van der Waals surface area contributed by atoms with Crippen molar-refractivity contribution in [1.29, 1.82) is 0 Å². The van der Waals surface area contributed by atoms with Gasteiger partial charge >= 0.3 is 0 Å². The van der Waals surface area contributed by atoms with Crippen LogP contribution in [0.25, 0.3) is 10.9 Å². The maximum absolute atomic E-state index is 12.5. The molecule has 2 aliphatic rings. The van der Waals surface area contributed by atoms with Crippen LogP contribution in [0, 0.1) is 0 Å². The number of benzene rings is 1. The second-order valence-corrected chi connectivity index (χ2v) is 5.11. The third-order valence-corrected chi connectivity index (χ3v) is 3.80. The van der Waals surface area contributed by atoms with Gasteiger partial charge in [-0.05, 0) is 6.07 Å². The number of H-pyrrole nitrogens is 1. The van der Waals surface area contributed by atoms with E-state index in [9.17, 15) is 4.79 Å². The van der Waals surface area contributed by atoms with Gasteiger partial charge in [0.05, 0.1) is 31.9 Å². The molecule has 3 heterocycles. The zero-order chi connectivity index (χ0) is 13.5. The molecule has 4 rings (SSSR count). The van der Waals surface area contributed by atoms with E-state index in [2.05, 4.69) is 4.98 Å². The molecule has 0 fully saturated rings. The monoisotopic (exact) mass is 273 g/mol. The second-order valence-electron chi connectivity index (χ2n) is 5.11. The summed E-state index contributed by atoms with van der Waals surface area (Å²) in [6.07, 6.45) is 1.60. The predicted octanol–water partition coefficient (Wildman–Crippen LogP) is 1.76. The third-order valence-electron chi connectivity index (χ3n) is 3.80. The molecule has 2 aliphatic heterocycles. The second kappa shape index (κ2) is 4.52. The van der Waals surface area contributed by atoms with Gasteiger partial charge in [0.25, 0.3) is 0 Å². The molecule has 1 aromatic heterocycles. The fraction of sp³-hybridized carbons (Fsp3) is 0.400. The van der Waals surface area contributed by atoms with Gasteiger partial charge in [0.1, 0.15) is 0 Å². The van der Waals surface area contributed by atoms with Crippen molar-refractivity contribution in [3.8, 4) is 11.5 Å². The van der Waals surface area contributed by atoms with Crippen LogP contribution in [0.2, 0.25) is 0 Å². The van der Waals surface area contributed by atoms with Gasteiger partial charge < -0.3 is 19.2 Å². The highest BCUT2D eigenvalue weighted by Gasteiger charge is 2.19. The Hall–Kier alpha value is -2.01. The van der Waals surface area contributed by atoms with Crippen molar-refractivity contribution in [2.75, 3.05) is 19.8 Å². The molecule has 0 amide bonds. The van der Waals surface area contributed by atoms with Crippen LogP contribution in [0.4, 0.5) is 0 Å². The molecule has 5 nitrogen and oxygen atoms in total. The first kappa shape index (κ1) is 11.8. The average Bonchev–Trinajstić information content (AvgIpc) is 2.70. The van der Waals surface area contributed by atoms with E-state index < -0.39 is 0 Å². The quantitative estimate of drug-likeness (QED) is 0.794. The molecule has 5 heteroatoms. The lowest BCUT2D eigenvalue weighted by Gasteiger charge is -2.17. The molecular formula is C15H15NO4. The zero-order valence-corrected chi connectivity index (χ0v) is 11.0.